The minimum Gasteiger partial charge on any atom is -0.367 e. The smallest absolute Gasteiger partial charge is 0.256 e. The average molecular weight is 268 g/mol. The fraction of sp³-hybridized carbons (Fsp3) is 0.538. The molecular formula is C13H20N2O2S. The lowest BCUT2D eigenvalue weighted by Crippen LogP contribution is -2.29. The van der Waals surface area contributed by atoms with E-state index in [4.69, 9.17) is 0 Å². The van der Waals surface area contributed by atoms with Crippen LogP contribution in [0.3, 0.4) is 0 Å². The Labute approximate surface area is 112 Å². The summed E-state index contributed by atoms with van der Waals surface area (Å²) in [4.78, 5) is 25.8. The molecule has 1 rings (SSSR count). The molecule has 0 spiro atoms. The number of unbranched alkanes of at least 4 members (excludes halogenated alkanes) is 3. The van der Waals surface area contributed by atoms with Crippen molar-refractivity contribution in [1.29, 1.82) is 0 Å². The summed E-state index contributed by atoms with van der Waals surface area (Å²) in [7, 11) is 0. The zero-order valence-electron chi connectivity index (χ0n) is 10.7. The van der Waals surface area contributed by atoms with E-state index in [2.05, 4.69) is 16.6 Å². The van der Waals surface area contributed by atoms with Gasteiger partial charge in [0, 0.05) is 25.0 Å². The van der Waals surface area contributed by atoms with Gasteiger partial charge in [0.25, 0.3) is 5.91 Å². The summed E-state index contributed by atoms with van der Waals surface area (Å²) < 4.78 is 0. The lowest BCUT2D eigenvalue weighted by molar-refractivity contribution is 0.0951. The summed E-state index contributed by atoms with van der Waals surface area (Å²) in [6.45, 7) is 0.631. The number of aromatic amines is 1. The normalized spacial score (nSPS) is 10.3. The van der Waals surface area contributed by atoms with Crippen molar-refractivity contribution >= 4 is 17.7 Å². The van der Waals surface area contributed by atoms with Crippen LogP contribution in [0.25, 0.3) is 0 Å². The van der Waals surface area contributed by atoms with Crippen LogP contribution < -0.4 is 10.7 Å². The molecule has 0 unspecified atom stereocenters. The summed E-state index contributed by atoms with van der Waals surface area (Å²) in [5.74, 6) is 0.909. The molecule has 0 saturated heterocycles. The quantitative estimate of drug-likeness (QED) is 0.709. The lowest BCUT2D eigenvalue weighted by atomic mass is 10.2. The Morgan fingerprint density at radius 3 is 2.83 bits per heavy atom. The van der Waals surface area contributed by atoms with E-state index in [1.165, 1.54) is 37.1 Å². The highest BCUT2D eigenvalue weighted by atomic mass is 32.2. The van der Waals surface area contributed by atoms with Gasteiger partial charge in [-0.15, -0.1) is 0 Å². The first-order chi connectivity index (χ1) is 8.75. The minimum absolute atomic E-state index is 0.180. The molecular weight excluding hydrogens is 248 g/mol. The number of hydrogen-bond donors (Lipinski definition) is 2. The number of aromatic nitrogens is 1. The van der Waals surface area contributed by atoms with Crippen molar-refractivity contribution in [3.63, 3.8) is 0 Å². The molecule has 2 N–H and O–H groups in total. The first-order valence-corrected chi connectivity index (χ1v) is 7.59. The van der Waals surface area contributed by atoms with E-state index < -0.39 is 0 Å². The number of rotatable bonds is 8. The van der Waals surface area contributed by atoms with E-state index >= 15 is 0 Å². The molecule has 0 bridgehead atoms. The second kappa shape index (κ2) is 8.80. The molecule has 18 heavy (non-hydrogen) atoms. The van der Waals surface area contributed by atoms with Gasteiger partial charge < -0.3 is 10.3 Å². The van der Waals surface area contributed by atoms with Crippen LogP contribution in [-0.4, -0.2) is 29.4 Å². The maximum atomic E-state index is 11.7. The predicted octanol–water partition coefficient (Wildman–Crippen LogP) is 2.03. The summed E-state index contributed by atoms with van der Waals surface area (Å²) in [5.41, 5.74) is -0.0638. The number of hydrogen-bond acceptors (Lipinski definition) is 3. The summed E-state index contributed by atoms with van der Waals surface area (Å²) in [6.07, 6.45) is 9.57. The first kappa shape index (κ1) is 14.8. The van der Waals surface area contributed by atoms with Crippen molar-refractivity contribution in [1.82, 2.24) is 10.3 Å². The topological polar surface area (TPSA) is 62.0 Å². The Morgan fingerprint density at radius 1 is 1.33 bits per heavy atom. The highest BCUT2D eigenvalue weighted by molar-refractivity contribution is 7.98. The highest BCUT2D eigenvalue weighted by Crippen LogP contribution is 2.03. The highest BCUT2D eigenvalue weighted by Gasteiger charge is 2.07. The molecule has 1 heterocycles. The Balaban J connectivity index is 2.18. The second-order valence-electron chi connectivity index (χ2n) is 4.09. The molecule has 100 valence electrons. The van der Waals surface area contributed by atoms with Gasteiger partial charge in [-0.3, -0.25) is 9.59 Å². The molecule has 0 aromatic carbocycles. The average Bonchev–Trinajstić information content (AvgIpc) is 2.38. The monoisotopic (exact) mass is 268 g/mol. The van der Waals surface area contributed by atoms with Crippen LogP contribution in [0.1, 0.15) is 36.0 Å². The minimum atomic E-state index is -0.291. The fourth-order valence-corrected chi connectivity index (χ4v) is 2.11. The van der Waals surface area contributed by atoms with Crippen LogP contribution in [0.2, 0.25) is 0 Å². The van der Waals surface area contributed by atoms with Gasteiger partial charge in [0.1, 0.15) is 5.56 Å². The third-order valence-electron chi connectivity index (χ3n) is 2.63. The van der Waals surface area contributed by atoms with Gasteiger partial charge in [-0.25, -0.2) is 0 Å². The number of pyridine rings is 1. The summed E-state index contributed by atoms with van der Waals surface area (Å²) in [5, 5.41) is 2.77. The van der Waals surface area contributed by atoms with Gasteiger partial charge in [0.05, 0.1) is 0 Å². The summed E-state index contributed by atoms with van der Waals surface area (Å²) >= 11 is 1.86. The molecule has 4 nitrogen and oxygen atoms in total. The zero-order valence-corrected chi connectivity index (χ0v) is 11.5. The van der Waals surface area contributed by atoms with Crippen LogP contribution in [0.15, 0.2) is 23.3 Å². The van der Waals surface area contributed by atoms with Gasteiger partial charge in [0.15, 0.2) is 5.43 Å². The Morgan fingerprint density at radius 2 is 2.11 bits per heavy atom. The van der Waals surface area contributed by atoms with E-state index in [1.807, 2.05) is 11.8 Å². The van der Waals surface area contributed by atoms with Gasteiger partial charge in [-0.2, -0.15) is 11.8 Å². The largest absolute Gasteiger partial charge is 0.367 e. The van der Waals surface area contributed by atoms with E-state index in [-0.39, 0.29) is 16.9 Å². The Bertz CT molecular complexity index is 417. The van der Waals surface area contributed by atoms with Crippen LogP contribution in [0.4, 0.5) is 0 Å². The molecule has 1 aromatic rings. The predicted molar refractivity (Wildman–Crippen MR) is 76.2 cm³/mol. The number of carbonyl (C=O) groups is 1. The molecule has 1 amide bonds. The Hall–Kier alpha value is -1.23. The van der Waals surface area contributed by atoms with Crippen molar-refractivity contribution in [2.75, 3.05) is 18.6 Å². The third kappa shape index (κ3) is 5.40. The molecule has 0 atom stereocenters. The van der Waals surface area contributed by atoms with E-state index in [1.54, 1.807) is 0 Å². The molecule has 1 aromatic heterocycles. The van der Waals surface area contributed by atoms with Crippen LogP contribution in [0.5, 0.6) is 0 Å². The number of amides is 1. The van der Waals surface area contributed by atoms with Crippen molar-refractivity contribution in [2.45, 2.75) is 25.7 Å². The van der Waals surface area contributed by atoms with Crippen LogP contribution >= 0.6 is 11.8 Å². The van der Waals surface area contributed by atoms with Crippen molar-refractivity contribution in [3.05, 3.63) is 34.2 Å². The number of thioether (sulfide) groups is 1. The number of carbonyl (C=O) groups excluding carboxylic acids is 1. The maximum absolute atomic E-state index is 11.7. The van der Waals surface area contributed by atoms with Crippen LogP contribution in [-0.2, 0) is 0 Å². The van der Waals surface area contributed by atoms with Gasteiger partial charge in [0.2, 0.25) is 0 Å². The molecule has 0 radical (unpaired) electrons. The third-order valence-corrected chi connectivity index (χ3v) is 3.33. The molecule has 0 aliphatic carbocycles. The van der Waals surface area contributed by atoms with Crippen molar-refractivity contribution in [3.8, 4) is 0 Å². The lowest BCUT2D eigenvalue weighted by Gasteiger charge is -2.04. The molecule has 0 aliphatic heterocycles. The first-order valence-electron chi connectivity index (χ1n) is 6.20. The van der Waals surface area contributed by atoms with Crippen molar-refractivity contribution in [2.24, 2.45) is 0 Å². The molecule has 0 saturated carbocycles. The van der Waals surface area contributed by atoms with Crippen LogP contribution in [0, 0.1) is 0 Å². The van der Waals surface area contributed by atoms with E-state index in [0.29, 0.717) is 6.54 Å². The molecule has 0 fully saturated rings. The number of nitrogens with one attached hydrogen (secondary N) is 2. The second-order valence-corrected chi connectivity index (χ2v) is 5.07. The van der Waals surface area contributed by atoms with Gasteiger partial charge in [-0.05, 0) is 24.9 Å². The summed E-state index contributed by atoms with van der Waals surface area (Å²) in [6, 6.07) is 1.36. The van der Waals surface area contributed by atoms with Gasteiger partial charge >= 0.3 is 0 Å². The van der Waals surface area contributed by atoms with Gasteiger partial charge in [-0.1, -0.05) is 12.8 Å². The van der Waals surface area contributed by atoms with E-state index in [0.717, 1.165) is 12.8 Å². The Kier molecular flexibility index (Phi) is 7.25. The maximum Gasteiger partial charge on any atom is 0.256 e. The molecule has 0 aliphatic rings. The fourth-order valence-electron chi connectivity index (χ4n) is 1.62. The standard InChI is InChI=1S/C13H20N2O2S/c1-18-9-5-3-2-4-7-15-13(17)11-10-14-8-6-12(11)16/h6,8,10H,2-5,7,9H2,1H3,(H,14,16)(H,15,17). The molecule has 5 heteroatoms. The number of H-pyrrole nitrogens is 1. The SMILES string of the molecule is CSCCCCCCNC(=O)c1c[nH]ccc1=O. The van der Waals surface area contributed by atoms with Crippen molar-refractivity contribution < 1.29 is 4.79 Å². The van der Waals surface area contributed by atoms with E-state index in [9.17, 15) is 9.59 Å². The zero-order chi connectivity index (χ0) is 13.2.